The standard InChI is InChI=1S/C13H19NO3S/c1-4-17-10(8-5-6-8)12-14-9(7(2)3)11(18-12)13(15)16/h7-8,10H,4-6H2,1-3H3,(H,15,16). The van der Waals surface area contributed by atoms with E-state index in [2.05, 4.69) is 4.98 Å². The zero-order chi connectivity index (χ0) is 13.3. The van der Waals surface area contributed by atoms with Gasteiger partial charge in [-0.25, -0.2) is 9.78 Å². The summed E-state index contributed by atoms with van der Waals surface area (Å²) in [6, 6.07) is 0. The van der Waals surface area contributed by atoms with Crippen molar-refractivity contribution in [2.24, 2.45) is 5.92 Å². The number of hydrogen-bond acceptors (Lipinski definition) is 4. The van der Waals surface area contributed by atoms with Crippen molar-refractivity contribution < 1.29 is 14.6 Å². The molecule has 0 aromatic carbocycles. The summed E-state index contributed by atoms with van der Waals surface area (Å²) in [5.41, 5.74) is 0.688. The van der Waals surface area contributed by atoms with Crippen LogP contribution in [0.2, 0.25) is 0 Å². The summed E-state index contributed by atoms with van der Waals surface area (Å²) >= 11 is 1.28. The molecule has 0 bridgehead atoms. The second kappa shape index (κ2) is 5.36. The van der Waals surface area contributed by atoms with Crippen molar-refractivity contribution >= 4 is 17.3 Å². The molecule has 1 heterocycles. The molecule has 4 nitrogen and oxygen atoms in total. The van der Waals surface area contributed by atoms with Gasteiger partial charge in [0, 0.05) is 6.61 Å². The Morgan fingerprint density at radius 1 is 1.56 bits per heavy atom. The van der Waals surface area contributed by atoms with E-state index in [9.17, 15) is 9.90 Å². The summed E-state index contributed by atoms with van der Waals surface area (Å²) in [4.78, 5) is 16.1. The van der Waals surface area contributed by atoms with E-state index in [-0.39, 0.29) is 12.0 Å². The zero-order valence-corrected chi connectivity index (χ0v) is 11.8. The van der Waals surface area contributed by atoms with Crippen molar-refractivity contribution in [2.45, 2.75) is 45.6 Å². The molecular formula is C13H19NO3S. The number of ether oxygens (including phenoxy) is 1. The first-order valence-electron chi connectivity index (χ1n) is 6.40. The molecule has 5 heteroatoms. The Balaban J connectivity index is 2.32. The normalized spacial score (nSPS) is 17.1. The molecule has 18 heavy (non-hydrogen) atoms. The molecule has 1 saturated carbocycles. The molecule has 1 atom stereocenters. The molecule has 1 N–H and O–H groups in total. The topological polar surface area (TPSA) is 59.4 Å². The first-order chi connectivity index (χ1) is 8.54. The molecule has 1 aromatic heterocycles. The summed E-state index contributed by atoms with van der Waals surface area (Å²) in [5.74, 6) is -0.228. The van der Waals surface area contributed by atoms with Gasteiger partial charge in [-0.2, -0.15) is 0 Å². The van der Waals surface area contributed by atoms with Gasteiger partial charge in [-0.1, -0.05) is 13.8 Å². The molecule has 1 aliphatic carbocycles. The first-order valence-corrected chi connectivity index (χ1v) is 7.21. The maximum absolute atomic E-state index is 11.2. The van der Waals surface area contributed by atoms with Gasteiger partial charge in [-0.3, -0.25) is 0 Å². The number of aromatic nitrogens is 1. The van der Waals surface area contributed by atoms with Crippen LogP contribution in [0.15, 0.2) is 0 Å². The fraction of sp³-hybridized carbons (Fsp3) is 0.692. The number of hydrogen-bond donors (Lipinski definition) is 1. The molecule has 0 aliphatic heterocycles. The van der Waals surface area contributed by atoms with Gasteiger partial charge in [0.25, 0.3) is 0 Å². The molecule has 0 spiro atoms. The SMILES string of the molecule is CCOC(c1nc(C(C)C)c(C(=O)O)s1)C1CC1. The molecule has 0 radical (unpaired) electrons. The quantitative estimate of drug-likeness (QED) is 0.859. The summed E-state index contributed by atoms with van der Waals surface area (Å²) in [6.07, 6.45) is 2.30. The average Bonchev–Trinajstić information content (AvgIpc) is 3.03. The number of nitrogens with zero attached hydrogens (tertiary/aromatic N) is 1. The number of aromatic carboxylic acids is 1. The maximum Gasteiger partial charge on any atom is 0.347 e. The fourth-order valence-electron chi connectivity index (χ4n) is 2.00. The minimum absolute atomic E-state index is 0.00870. The van der Waals surface area contributed by atoms with Crippen molar-refractivity contribution in [1.29, 1.82) is 0 Å². The summed E-state index contributed by atoms with van der Waals surface area (Å²) in [5, 5.41) is 10.1. The molecule has 1 aromatic rings. The van der Waals surface area contributed by atoms with E-state index in [1.807, 2.05) is 20.8 Å². The number of carboxylic acid groups (broad SMARTS) is 1. The Kier molecular flexibility index (Phi) is 4.02. The summed E-state index contributed by atoms with van der Waals surface area (Å²) < 4.78 is 5.73. The number of thiazole rings is 1. The number of carbonyl (C=O) groups is 1. The molecule has 0 amide bonds. The van der Waals surface area contributed by atoms with Gasteiger partial charge in [0.15, 0.2) is 0 Å². The van der Waals surface area contributed by atoms with Crippen LogP contribution in [0.5, 0.6) is 0 Å². The second-order valence-electron chi connectivity index (χ2n) is 4.94. The van der Waals surface area contributed by atoms with Crippen LogP contribution in [0.3, 0.4) is 0 Å². The third kappa shape index (κ3) is 2.72. The highest BCUT2D eigenvalue weighted by Crippen LogP contribution is 2.45. The van der Waals surface area contributed by atoms with Gasteiger partial charge < -0.3 is 9.84 Å². The highest BCUT2D eigenvalue weighted by molar-refractivity contribution is 7.13. The van der Waals surface area contributed by atoms with Crippen molar-refractivity contribution in [2.75, 3.05) is 6.61 Å². The lowest BCUT2D eigenvalue weighted by atomic mass is 10.1. The molecule has 1 aliphatic rings. The Morgan fingerprint density at radius 2 is 2.22 bits per heavy atom. The highest BCUT2D eigenvalue weighted by atomic mass is 32.1. The van der Waals surface area contributed by atoms with Gasteiger partial charge in [0.1, 0.15) is 16.0 Å². The molecule has 1 fully saturated rings. The lowest BCUT2D eigenvalue weighted by molar-refractivity contribution is 0.0461. The minimum atomic E-state index is -0.881. The van der Waals surface area contributed by atoms with E-state index < -0.39 is 5.97 Å². The van der Waals surface area contributed by atoms with Crippen LogP contribution >= 0.6 is 11.3 Å². The highest BCUT2D eigenvalue weighted by Gasteiger charge is 2.36. The molecular weight excluding hydrogens is 250 g/mol. The van der Waals surface area contributed by atoms with Crippen LogP contribution in [0.1, 0.15) is 66.0 Å². The third-order valence-electron chi connectivity index (χ3n) is 3.05. The zero-order valence-electron chi connectivity index (χ0n) is 11.0. The maximum atomic E-state index is 11.2. The summed E-state index contributed by atoms with van der Waals surface area (Å²) in [6.45, 7) is 6.54. The van der Waals surface area contributed by atoms with Gasteiger partial charge >= 0.3 is 5.97 Å². The van der Waals surface area contributed by atoms with Crippen molar-refractivity contribution in [1.82, 2.24) is 4.98 Å². The van der Waals surface area contributed by atoms with Gasteiger partial charge in [0.05, 0.1) is 5.69 Å². The van der Waals surface area contributed by atoms with Crippen LogP contribution in [-0.2, 0) is 4.74 Å². The van der Waals surface area contributed by atoms with Gasteiger partial charge in [0.2, 0.25) is 0 Å². The lowest BCUT2D eigenvalue weighted by Crippen LogP contribution is -2.06. The van der Waals surface area contributed by atoms with E-state index in [1.165, 1.54) is 11.3 Å². The monoisotopic (exact) mass is 269 g/mol. The van der Waals surface area contributed by atoms with Crippen LogP contribution in [0.25, 0.3) is 0 Å². The summed E-state index contributed by atoms with van der Waals surface area (Å²) in [7, 11) is 0. The van der Waals surface area contributed by atoms with Crippen LogP contribution in [-0.4, -0.2) is 22.7 Å². The van der Waals surface area contributed by atoms with Crippen molar-refractivity contribution in [3.8, 4) is 0 Å². The molecule has 2 rings (SSSR count). The van der Waals surface area contributed by atoms with Gasteiger partial charge in [-0.05, 0) is 31.6 Å². The first kappa shape index (κ1) is 13.5. The van der Waals surface area contributed by atoms with Crippen LogP contribution < -0.4 is 0 Å². The largest absolute Gasteiger partial charge is 0.477 e. The van der Waals surface area contributed by atoms with Gasteiger partial charge in [-0.15, -0.1) is 11.3 Å². The Hall–Kier alpha value is -0.940. The minimum Gasteiger partial charge on any atom is -0.477 e. The van der Waals surface area contributed by atoms with Crippen LogP contribution in [0, 0.1) is 5.92 Å². The average molecular weight is 269 g/mol. The Labute approximate surface area is 111 Å². The second-order valence-corrected chi connectivity index (χ2v) is 5.97. The van der Waals surface area contributed by atoms with Crippen LogP contribution in [0.4, 0.5) is 0 Å². The van der Waals surface area contributed by atoms with E-state index >= 15 is 0 Å². The van der Waals surface area contributed by atoms with Crippen molar-refractivity contribution in [3.63, 3.8) is 0 Å². The third-order valence-corrected chi connectivity index (χ3v) is 4.17. The number of rotatable bonds is 6. The predicted molar refractivity (Wildman–Crippen MR) is 70.3 cm³/mol. The predicted octanol–water partition coefficient (Wildman–Crippen LogP) is 3.45. The molecule has 0 saturated heterocycles. The van der Waals surface area contributed by atoms with Crippen molar-refractivity contribution in [3.05, 3.63) is 15.6 Å². The van der Waals surface area contributed by atoms with E-state index in [4.69, 9.17) is 4.74 Å². The Bertz CT molecular complexity index is 437. The smallest absolute Gasteiger partial charge is 0.347 e. The van der Waals surface area contributed by atoms with E-state index in [1.54, 1.807) is 0 Å². The molecule has 100 valence electrons. The lowest BCUT2D eigenvalue weighted by Gasteiger charge is -2.12. The fourth-order valence-corrected chi connectivity index (χ4v) is 3.21. The van der Waals surface area contributed by atoms with E-state index in [0.717, 1.165) is 17.8 Å². The molecule has 1 unspecified atom stereocenters. The number of carboxylic acids is 1. The Morgan fingerprint density at radius 3 is 2.61 bits per heavy atom. The van der Waals surface area contributed by atoms with E-state index in [0.29, 0.717) is 23.1 Å².